The van der Waals surface area contributed by atoms with Crippen LogP contribution >= 0.6 is 0 Å². The molecule has 0 spiro atoms. The van der Waals surface area contributed by atoms with E-state index in [9.17, 15) is 49.4 Å². The van der Waals surface area contributed by atoms with Crippen molar-refractivity contribution in [3.05, 3.63) is 95.0 Å². The fourth-order valence-corrected chi connectivity index (χ4v) is 6.72. The molecule has 0 bridgehead atoms. The van der Waals surface area contributed by atoms with Gasteiger partial charge in [-0.1, -0.05) is 85.7 Å². The second kappa shape index (κ2) is 17.2. The van der Waals surface area contributed by atoms with E-state index in [0.717, 1.165) is 56.0 Å². The Morgan fingerprint density at radius 1 is 0.707 bits per heavy atom. The van der Waals surface area contributed by atoms with Gasteiger partial charge in [-0.3, -0.25) is 9.78 Å². The van der Waals surface area contributed by atoms with Crippen LogP contribution in [0.3, 0.4) is 0 Å². The molecule has 1 heterocycles. The average molecular weight is 1000 g/mol. The molecule has 58 heavy (non-hydrogen) atoms. The standard InChI is InChI=1S/C28H15F10N2.C15H28O2.Ir/c1-13-8-14(2)10-15(9-13)23-20-11-19-16-4-3-5-21(26(30,31)32)17(16)6-7-18(19)22(24(20)40-12-39-23)25(29,27(33,34)35)28(36,37)38;1-7-14(5,8-2)12(16)11-13(17)15(6,9-3)10-4;/h3-9,11-12H,1-2H3;11,16H,7-10H2,1-6H3;/q-1;;/b;12-11-;. The predicted molar refractivity (Wildman–Crippen MR) is 201 cm³/mol. The van der Waals surface area contributed by atoms with E-state index in [4.69, 9.17) is 0 Å². The molecule has 1 radical (unpaired) electrons. The Morgan fingerprint density at radius 3 is 1.76 bits per heavy atom. The monoisotopic (exact) mass is 1000 g/mol. The summed E-state index contributed by atoms with van der Waals surface area (Å²) in [7, 11) is 0. The predicted octanol–water partition coefficient (Wildman–Crippen LogP) is 14.0. The summed E-state index contributed by atoms with van der Waals surface area (Å²) in [4.78, 5) is 19.9. The zero-order chi connectivity index (χ0) is 43.1. The van der Waals surface area contributed by atoms with Gasteiger partial charge in [-0.25, -0.2) is 9.37 Å². The summed E-state index contributed by atoms with van der Waals surface area (Å²) in [6.45, 7) is 15.4. The fraction of sp³-hybridized carbons (Fsp3) is 0.419. The number of carbonyl (C=O) groups is 1. The summed E-state index contributed by atoms with van der Waals surface area (Å²) in [6, 6.07) is 11.4. The number of alkyl halides is 10. The molecule has 1 N–H and O–H groups in total. The molecule has 317 valence electrons. The molecular weight excluding hydrogens is 959 g/mol. The van der Waals surface area contributed by atoms with Gasteiger partial charge in [-0.2, -0.15) is 39.5 Å². The number of ketones is 1. The number of carbonyl (C=O) groups excluding carboxylic acids is 1. The normalized spacial score (nSPS) is 13.4. The summed E-state index contributed by atoms with van der Waals surface area (Å²) in [5.41, 5.74) is -9.36. The van der Waals surface area contributed by atoms with Crippen LogP contribution in [0.4, 0.5) is 43.9 Å². The Morgan fingerprint density at radius 2 is 1.26 bits per heavy atom. The number of nitrogens with zero attached hydrogens (tertiary/aromatic N) is 2. The smallest absolute Gasteiger partial charge is 0.436 e. The van der Waals surface area contributed by atoms with Crippen LogP contribution in [0.15, 0.2) is 66.7 Å². The van der Waals surface area contributed by atoms with Gasteiger partial charge in [0, 0.05) is 42.6 Å². The van der Waals surface area contributed by atoms with Gasteiger partial charge in [0.05, 0.1) is 11.1 Å². The molecule has 1 aromatic heterocycles. The number of aryl methyl sites for hydroxylation is 2. The van der Waals surface area contributed by atoms with Crippen LogP contribution in [0.25, 0.3) is 43.7 Å². The van der Waals surface area contributed by atoms with E-state index in [-0.39, 0.29) is 59.1 Å². The third kappa shape index (κ3) is 8.90. The summed E-state index contributed by atoms with van der Waals surface area (Å²) in [5.74, 6) is 0.286. The molecule has 0 aliphatic carbocycles. The summed E-state index contributed by atoms with van der Waals surface area (Å²) >= 11 is 0. The molecule has 0 fully saturated rings. The molecule has 5 aromatic rings. The van der Waals surface area contributed by atoms with Gasteiger partial charge in [0.1, 0.15) is 12.1 Å². The van der Waals surface area contributed by atoms with Crippen molar-refractivity contribution in [2.75, 3.05) is 0 Å². The maximum atomic E-state index is 15.8. The molecule has 0 unspecified atom stereocenters. The number of fused-ring (bicyclic) bond motifs is 4. The van der Waals surface area contributed by atoms with E-state index in [1.165, 1.54) is 12.1 Å². The number of hydrogen-bond donors (Lipinski definition) is 1. The number of rotatable bonds is 9. The van der Waals surface area contributed by atoms with Crippen molar-refractivity contribution < 1.29 is 73.9 Å². The molecular formula is C43H43F10IrN2O2-. The van der Waals surface area contributed by atoms with Gasteiger partial charge in [-0.15, -0.1) is 34.9 Å². The SMILES string of the molecule is CCC(C)(CC)C(=O)/C=C(\O)C(C)(CC)CC.Cc1[c-]c(-c2ncnc3c(C(F)(C(F)(F)F)C(F)(F)F)c4ccc5c(C(F)(F)F)cccc5c4cc23)cc(C)c1.[Ir]. The van der Waals surface area contributed by atoms with Crippen LogP contribution < -0.4 is 0 Å². The van der Waals surface area contributed by atoms with Crippen LogP contribution in [-0.4, -0.2) is 33.2 Å². The first-order valence-corrected chi connectivity index (χ1v) is 18.2. The molecule has 4 nitrogen and oxygen atoms in total. The van der Waals surface area contributed by atoms with E-state index in [1.54, 1.807) is 19.9 Å². The third-order valence-corrected chi connectivity index (χ3v) is 11.2. The number of halogens is 10. The summed E-state index contributed by atoms with van der Waals surface area (Å²) < 4.78 is 142. The van der Waals surface area contributed by atoms with Gasteiger partial charge in [0.15, 0.2) is 5.78 Å². The van der Waals surface area contributed by atoms with Crippen LogP contribution in [0, 0.1) is 30.7 Å². The number of aromatic nitrogens is 2. The minimum atomic E-state index is -6.51. The number of aliphatic hydroxyl groups is 1. The maximum absolute atomic E-state index is 15.8. The Bertz CT molecular complexity index is 2290. The zero-order valence-corrected chi connectivity index (χ0v) is 35.4. The summed E-state index contributed by atoms with van der Waals surface area (Å²) in [5, 5.41) is 7.52. The average Bonchev–Trinajstić information content (AvgIpc) is 3.13. The van der Waals surface area contributed by atoms with E-state index >= 15 is 4.39 Å². The van der Waals surface area contributed by atoms with Crippen molar-refractivity contribution in [3.63, 3.8) is 0 Å². The molecule has 0 saturated carbocycles. The van der Waals surface area contributed by atoms with Crippen LogP contribution in [0.2, 0.25) is 0 Å². The molecule has 0 aliphatic heterocycles. The Hall–Kier alpha value is -4.10. The molecule has 0 amide bonds. The van der Waals surface area contributed by atoms with E-state index in [0.29, 0.717) is 23.5 Å². The van der Waals surface area contributed by atoms with Crippen molar-refractivity contribution in [3.8, 4) is 11.3 Å². The van der Waals surface area contributed by atoms with Gasteiger partial charge in [-0.05, 0) is 64.4 Å². The molecule has 5 rings (SSSR count). The second-order valence-corrected chi connectivity index (χ2v) is 14.8. The van der Waals surface area contributed by atoms with Crippen LogP contribution in [0.5, 0.6) is 0 Å². The first-order chi connectivity index (χ1) is 26.2. The third-order valence-electron chi connectivity index (χ3n) is 11.2. The Labute approximate surface area is 343 Å². The molecule has 15 heteroatoms. The second-order valence-electron chi connectivity index (χ2n) is 14.8. The Kier molecular flexibility index (Phi) is 14.4. The minimum absolute atomic E-state index is 0. The van der Waals surface area contributed by atoms with E-state index in [2.05, 4.69) is 16.0 Å². The van der Waals surface area contributed by atoms with Gasteiger partial charge in [0.25, 0.3) is 0 Å². The number of hydrogen-bond acceptors (Lipinski definition) is 4. The van der Waals surface area contributed by atoms with Crippen LogP contribution in [0.1, 0.15) is 89.5 Å². The first kappa shape index (κ1) is 48.3. The van der Waals surface area contributed by atoms with Crippen molar-refractivity contribution in [1.29, 1.82) is 0 Å². The zero-order valence-electron chi connectivity index (χ0n) is 33.0. The van der Waals surface area contributed by atoms with E-state index < -0.39 is 62.4 Å². The Balaban J connectivity index is 0.000000425. The van der Waals surface area contributed by atoms with Crippen molar-refractivity contribution in [2.24, 2.45) is 10.8 Å². The molecule has 0 saturated heterocycles. The largest absolute Gasteiger partial charge is 0.512 e. The number of aliphatic hydroxyl groups excluding tert-OH is 1. The minimum Gasteiger partial charge on any atom is -0.512 e. The first-order valence-electron chi connectivity index (χ1n) is 18.2. The maximum Gasteiger partial charge on any atom is 0.436 e. The molecule has 0 aliphatic rings. The number of benzene rings is 4. The quantitative estimate of drug-likeness (QED) is 0.0399. The van der Waals surface area contributed by atoms with Crippen LogP contribution in [-0.2, 0) is 36.7 Å². The topological polar surface area (TPSA) is 63.1 Å². The van der Waals surface area contributed by atoms with Crippen molar-refractivity contribution in [2.45, 2.75) is 105 Å². The molecule has 4 aromatic carbocycles. The van der Waals surface area contributed by atoms with Gasteiger partial charge < -0.3 is 5.11 Å². The van der Waals surface area contributed by atoms with Crippen molar-refractivity contribution >= 4 is 38.2 Å². The molecule has 0 atom stereocenters. The van der Waals surface area contributed by atoms with Crippen molar-refractivity contribution in [1.82, 2.24) is 9.97 Å². The van der Waals surface area contributed by atoms with Gasteiger partial charge >= 0.3 is 24.2 Å². The van der Waals surface area contributed by atoms with E-state index in [1.807, 2.05) is 41.5 Å². The number of allylic oxidation sites excluding steroid dienone is 2. The van der Waals surface area contributed by atoms with Gasteiger partial charge in [0.2, 0.25) is 0 Å². The summed E-state index contributed by atoms with van der Waals surface area (Å²) in [6.07, 6.45) is -12.4. The fourth-order valence-electron chi connectivity index (χ4n) is 6.72.